The maximum atomic E-state index is 14.3. The zero-order valence-electron chi connectivity index (χ0n) is 27.4. The number of nitrogens with one attached hydrogen (secondary N) is 3. The van der Waals surface area contributed by atoms with Gasteiger partial charge in [0.2, 0.25) is 11.8 Å². The Hall–Kier alpha value is -6.52. The van der Waals surface area contributed by atoms with Crippen LogP contribution in [0.5, 0.6) is 5.75 Å². The van der Waals surface area contributed by atoms with Crippen molar-refractivity contribution in [2.45, 2.75) is 56.1 Å². The number of amides is 3. The van der Waals surface area contributed by atoms with E-state index in [0.717, 1.165) is 41.3 Å². The number of carboxylic acids is 4. The lowest BCUT2D eigenvalue weighted by Crippen LogP contribution is -2.56. The zero-order valence-corrected chi connectivity index (χ0v) is 27.4. The summed E-state index contributed by atoms with van der Waals surface area (Å²) in [5, 5.41) is 43.4. The van der Waals surface area contributed by atoms with Gasteiger partial charge in [0.15, 0.2) is 0 Å². The van der Waals surface area contributed by atoms with Gasteiger partial charge in [0.25, 0.3) is 0 Å². The molecule has 7 N–H and O–H groups in total. The largest absolute Gasteiger partial charge is 0.481 e. The van der Waals surface area contributed by atoms with E-state index in [-0.39, 0.29) is 24.5 Å². The Morgan fingerprint density at radius 3 is 1.81 bits per heavy atom. The number of halogens is 1. The quantitative estimate of drug-likeness (QED) is 0.0989. The number of carboxylic acid groups (broad SMARTS) is 4. The smallest absolute Gasteiger partial charge is 0.443 e. The number of hydrogen-bond donors (Lipinski definition) is 7. The second-order valence-electron chi connectivity index (χ2n) is 11.7. The third-order valence-electron chi connectivity index (χ3n) is 8.13. The highest BCUT2D eigenvalue weighted by Crippen LogP contribution is 2.44. The molecule has 0 saturated carbocycles. The lowest BCUT2D eigenvalue weighted by Gasteiger charge is -2.24. The average molecular weight is 724 g/mol. The number of fused-ring (bicyclic) bond motifs is 3. The Balaban J connectivity index is 1.49. The van der Waals surface area contributed by atoms with Crippen molar-refractivity contribution >= 4 is 41.8 Å². The molecule has 0 spiro atoms. The van der Waals surface area contributed by atoms with Crippen LogP contribution in [0.15, 0.2) is 72.8 Å². The zero-order chi connectivity index (χ0) is 38.2. The molecule has 0 aliphatic heterocycles. The fourth-order valence-electron chi connectivity index (χ4n) is 5.45. The molecule has 274 valence electrons. The minimum absolute atomic E-state index is 0.118. The molecule has 0 bridgehead atoms. The third-order valence-corrected chi connectivity index (χ3v) is 8.13. The molecule has 16 nitrogen and oxygen atoms in total. The number of carbonyl (C=O) groups is 7. The Labute approximate surface area is 294 Å². The van der Waals surface area contributed by atoms with Crippen LogP contribution < -0.4 is 20.7 Å². The van der Waals surface area contributed by atoms with Crippen LogP contribution in [0, 0.1) is 0 Å². The van der Waals surface area contributed by atoms with Crippen LogP contribution in [0.25, 0.3) is 11.1 Å². The minimum atomic E-state index is -4.10. The van der Waals surface area contributed by atoms with Gasteiger partial charge in [-0.05, 0) is 53.3 Å². The molecule has 0 fully saturated rings. The molecule has 1 aliphatic rings. The molecular weight excluding hydrogens is 689 g/mol. The summed E-state index contributed by atoms with van der Waals surface area (Å²) in [6.45, 7) is 1.04. The van der Waals surface area contributed by atoms with Crippen LogP contribution >= 0.6 is 0 Å². The van der Waals surface area contributed by atoms with Crippen molar-refractivity contribution in [1.29, 1.82) is 0 Å². The van der Waals surface area contributed by atoms with Crippen LogP contribution in [0.3, 0.4) is 0 Å². The lowest BCUT2D eigenvalue weighted by molar-refractivity contribution is -0.191. The summed E-state index contributed by atoms with van der Waals surface area (Å²) in [7, 11) is 0. The normalized spacial score (nSPS) is 13.7. The molecule has 0 unspecified atom stereocenters. The highest BCUT2D eigenvalue weighted by atomic mass is 19.2. The molecule has 0 saturated heterocycles. The summed E-state index contributed by atoms with van der Waals surface area (Å²) >= 11 is 0. The highest BCUT2D eigenvalue weighted by molar-refractivity contribution is 6.00. The summed E-state index contributed by atoms with van der Waals surface area (Å²) in [6, 6.07) is 15.1. The number of alkyl carbamates (subject to hydrolysis) is 1. The van der Waals surface area contributed by atoms with Crippen LogP contribution in [-0.2, 0) is 39.9 Å². The van der Waals surface area contributed by atoms with E-state index in [2.05, 4.69) is 20.7 Å². The Morgan fingerprint density at radius 1 is 0.750 bits per heavy atom. The van der Waals surface area contributed by atoms with Gasteiger partial charge in [0, 0.05) is 18.8 Å². The number of rotatable bonds is 17. The fourth-order valence-corrected chi connectivity index (χ4v) is 5.45. The summed E-state index contributed by atoms with van der Waals surface area (Å²) in [6.07, 6.45) is -2.40. The predicted molar refractivity (Wildman–Crippen MR) is 176 cm³/mol. The molecule has 52 heavy (non-hydrogen) atoms. The first-order valence-electron chi connectivity index (χ1n) is 15.7. The standard InChI is InChI=1S/C35H34FN3O13/c1-18(31(44)45)37-30(43)27(16-19-10-12-20(13-11-19)52-35(36,32(46)47)33(48)49)38-29(42)26(14-15-28(40)41)39-34(50)51-17-25-23-8-4-2-6-21(23)22-7-3-5-9-24(22)25/h2-13,18,25-27H,14-17H2,1H3,(H,37,43)(H,38,42)(H,39,50)(H,40,41)(H,44,45)(H,46,47)(H,48,49)/t18-,26-,27-/m0/s1. The molecule has 4 rings (SSSR count). The lowest BCUT2D eigenvalue weighted by atomic mass is 9.98. The van der Waals surface area contributed by atoms with Gasteiger partial charge >= 0.3 is 35.8 Å². The van der Waals surface area contributed by atoms with E-state index in [1.807, 2.05) is 48.5 Å². The summed E-state index contributed by atoms with van der Waals surface area (Å²) < 4.78 is 24.3. The molecular formula is C35H34FN3O13. The monoisotopic (exact) mass is 723 g/mol. The van der Waals surface area contributed by atoms with Gasteiger partial charge in [-0.25, -0.2) is 14.4 Å². The summed E-state index contributed by atoms with van der Waals surface area (Å²) in [5.74, 6) is -14.5. The van der Waals surface area contributed by atoms with Gasteiger partial charge in [-0.15, -0.1) is 0 Å². The number of aliphatic carboxylic acids is 4. The van der Waals surface area contributed by atoms with E-state index in [1.54, 1.807) is 0 Å². The van der Waals surface area contributed by atoms with Crippen LogP contribution in [0.4, 0.5) is 9.18 Å². The Morgan fingerprint density at radius 2 is 1.29 bits per heavy atom. The number of hydrogen-bond acceptors (Lipinski definition) is 9. The van der Waals surface area contributed by atoms with E-state index < -0.39 is 84.4 Å². The Bertz CT molecular complexity index is 1810. The van der Waals surface area contributed by atoms with Crippen molar-refractivity contribution in [3.63, 3.8) is 0 Å². The van der Waals surface area contributed by atoms with Gasteiger partial charge in [0.05, 0.1) is 0 Å². The van der Waals surface area contributed by atoms with E-state index >= 15 is 0 Å². The predicted octanol–water partition coefficient (Wildman–Crippen LogP) is 2.29. The van der Waals surface area contributed by atoms with Crippen LogP contribution in [0.1, 0.15) is 42.4 Å². The number of benzene rings is 3. The molecule has 0 heterocycles. The van der Waals surface area contributed by atoms with Crippen molar-refractivity contribution in [2.24, 2.45) is 0 Å². The van der Waals surface area contributed by atoms with Gasteiger partial charge in [0.1, 0.15) is 30.5 Å². The van der Waals surface area contributed by atoms with Gasteiger partial charge in [-0.2, -0.15) is 4.39 Å². The first-order chi connectivity index (χ1) is 24.6. The molecule has 17 heteroatoms. The van der Waals surface area contributed by atoms with Gasteiger partial charge < -0.3 is 45.9 Å². The maximum Gasteiger partial charge on any atom is 0.443 e. The topological polar surface area (TPSA) is 255 Å². The van der Waals surface area contributed by atoms with E-state index in [0.29, 0.717) is 0 Å². The second-order valence-corrected chi connectivity index (χ2v) is 11.7. The first kappa shape index (κ1) is 38.3. The second kappa shape index (κ2) is 16.5. The Kier molecular flexibility index (Phi) is 12.1. The highest BCUT2D eigenvalue weighted by Gasteiger charge is 2.51. The van der Waals surface area contributed by atoms with Gasteiger partial charge in [-0.1, -0.05) is 60.7 Å². The van der Waals surface area contributed by atoms with Gasteiger partial charge in [-0.3, -0.25) is 19.2 Å². The molecule has 3 aromatic carbocycles. The molecule has 1 aliphatic carbocycles. The first-order valence-corrected chi connectivity index (χ1v) is 15.7. The molecule has 0 radical (unpaired) electrons. The maximum absolute atomic E-state index is 14.3. The van der Waals surface area contributed by atoms with Crippen molar-refractivity contribution in [1.82, 2.24) is 16.0 Å². The summed E-state index contributed by atoms with van der Waals surface area (Å²) in [4.78, 5) is 84.7. The van der Waals surface area contributed by atoms with Crippen LogP contribution in [0.2, 0.25) is 0 Å². The third kappa shape index (κ3) is 9.17. The number of alkyl halides is 1. The van der Waals surface area contributed by atoms with Crippen molar-refractivity contribution < 1.29 is 67.9 Å². The van der Waals surface area contributed by atoms with Crippen molar-refractivity contribution in [3.05, 3.63) is 89.5 Å². The van der Waals surface area contributed by atoms with Crippen molar-refractivity contribution in [2.75, 3.05) is 6.61 Å². The number of carbonyl (C=O) groups excluding carboxylic acids is 3. The molecule has 0 aromatic heterocycles. The SMILES string of the molecule is C[C@H](NC(=O)[C@H](Cc1ccc(OC(F)(C(=O)O)C(=O)O)cc1)NC(=O)[C@H](CCC(=O)O)NC(=O)OCC1c2ccccc2-c2ccccc21)C(=O)O. The minimum Gasteiger partial charge on any atom is -0.481 e. The van der Waals surface area contributed by atoms with Crippen molar-refractivity contribution in [3.8, 4) is 16.9 Å². The van der Waals surface area contributed by atoms with Crippen LogP contribution in [-0.4, -0.2) is 92.8 Å². The van der Waals surface area contributed by atoms with E-state index in [9.17, 15) is 48.2 Å². The fraction of sp³-hybridized carbons (Fsp3) is 0.286. The molecule has 3 amide bonds. The molecule has 3 atom stereocenters. The molecule has 3 aromatic rings. The van der Waals surface area contributed by atoms with E-state index in [4.69, 9.17) is 14.9 Å². The summed E-state index contributed by atoms with van der Waals surface area (Å²) in [5.41, 5.74) is 4.02. The van der Waals surface area contributed by atoms with E-state index in [1.165, 1.54) is 12.1 Å². The number of ether oxygens (including phenoxy) is 2. The average Bonchev–Trinajstić information content (AvgIpc) is 3.42.